The van der Waals surface area contributed by atoms with Gasteiger partial charge in [0.05, 0.1) is 37.3 Å². The first-order valence-electron chi connectivity index (χ1n) is 13.9. The molecule has 1 saturated heterocycles. The number of hydrogen-bond donors (Lipinski definition) is 3. The van der Waals surface area contributed by atoms with Crippen molar-refractivity contribution < 1.29 is 27.8 Å². The molecule has 0 saturated carbocycles. The van der Waals surface area contributed by atoms with E-state index in [0.29, 0.717) is 44.0 Å². The van der Waals surface area contributed by atoms with Crippen LogP contribution in [0, 0.1) is 0 Å². The third kappa shape index (κ3) is 8.45. The minimum atomic E-state index is -3.48. The number of benzene rings is 3. The van der Waals surface area contributed by atoms with Gasteiger partial charge in [0.25, 0.3) is 5.91 Å². The second-order valence-corrected chi connectivity index (χ2v) is 12.1. The molecule has 10 heteroatoms. The van der Waals surface area contributed by atoms with Crippen LogP contribution < -0.4 is 24.4 Å². The number of anilines is 1. The zero-order valence-corrected chi connectivity index (χ0v) is 24.4. The Kier molecular flexibility index (Phi) is 10.6. The summed E-state index contributed by atoms with van der Waals surface area (Å²) in [7, 11) is -1.86. The van der Waals surface area contributed by atoms with Crippen molar-refractivity contribution in [2.75, 3.05) is 36.9 Å². The maximum atomic E-state index is 13.6. The molecular formula is C31H39N3O6S. The topological polar surface area (TPSA) is 117 Å². The van der Waals surface area contributed by atoms with Gasteiger partial charge in [-0.25, -0.2) is 8.42 Å². The Morgan fingerprint density at radius 1 is 1.00 bits per heavy atom. The standard InChI is InChI=1S/C31H39N3O6S/c1-3-40-28-19-25(18-26(20-28)34-14-7-8-15-41(34,37)38)31(36)33-29(17-23-10-5-4-6-11-23)30(35)22-32-21-24-12-9-13-27(16-24)39-2/h4-6,9-13,16,18-20,29-30,32,35H,3,7-8,14-15,17,21-22H2,1-2H3,(H,33,36)/t29-,30+/m0/s1. The van der Waals surface area contributed by atoms with Crippen molar-refractivity contribution in [3.63, 3.8) is 0 Å². The quantitative estimate of drug-likeness (QED) is 0.283. The van der Waals surface area contributed by atoms with Gasteiger partial charge in [-0.2, -0.15) is 0 Å². The molecule has 3 aromatic carbocycles. The average Bonchev–Trinajstić information content (AvgIpc) is 2.97. The fourth-order valence-electron chi connectivity index (χ4n) is 4.88. The molecule has 0 unspecified atom stereocenters. The van der Waals surface area contributed by atoms with Crippen molar-refractivity contribution in [3.8, 4) is 11.5 Å². The summed E-state index contributed by atoms with van der Waals surface area (Å²) in [5.41, 5.74) is 2.64. The number of ether oxygens (including phenoxy) is 2. The van der Waals surface area contributed by atoms with Gasteiger partial charge in [-0.15, -0.1) is 0 Å². The van der Waals surface area contributed by atoms with Crippen molar-refractivity contribution in [1.82, 2.24) is 10.6 Å². The molecule has 1 aliphatic rings. The maximum absolute atomic E-state index is 13.6. The van der Waals surface area contributed by atoms with Crippen LogP contribution in [-0.4, -0.2) is 64.1 Å². The summed E-state index contributed by atoms with van der Waals surface area (Å²) in [6, 6.07) is 21.5. The summed E-state index contributed by atoms with van der Waals surface area (Å²) in [5, 5.41) is 17.5. The third-order valence-corrected chi connectivity index (χ3v) is 8.87. The predicted molar refractivity (Wildman–Crippen MR) is 160 cm³/mol. The summed E-state index contributed by atoms with van der Waals surface area (Å²) >= 11 is 0. The van der Waals surface area contributed by atoms with Gasteiger partial charge in [0, 0.05) is 31.3 Å². The molecule has 2 atom stereocenters. The number of sulfonamides is 1. The van der Waals surface area contributed by atoms with Crippen molar-refractivity contribution in [2.24, 2.45) is 0 Å². The van der Waals surface area contributed by atoms with E-state index in [1.54, 1.807) is 25.3 Å². The summed E-state index contributed by atoms with van der Waals surface area (Å²) in [6.07, 6.45) is 0.866. The van der Waals surface area contributed by atoms with Crippen LogP contribution in [0.1, 0.15) is 41.3 Å². The van der Waals surface area contributed by atoms with Crippen LogP contribution in [-0.2, 0) is 23.0 Å². The number of hydrogen-bond acceptors (Lipinski definition) is 7. The largest absolute Gasteiger partial charge is 0.497 e. The maximum Gasteiger partial charge on any atom is 0.251 e. The zero-order valence-electron chi connectivity index (χ0n) is 23.6. The van der Waals surface area contributed by atoms with Gasteiger partial charge >= 0.3 is 0 Å². The second kappa shape index (κ2) is 14.3. The van der Waals surface area contributed by atoms with Crippen molar-refractivity contribution in [1.29, 1.82) is 0 Å². The molecule has 41 heavy (non-hydrogen) atoms. The molecule has 0 bridgehead atoms. The summed E-state index contributed by atoms with van der Waals surface area (Å²) in [5.74, 6) is 0.817. The van der Waals surface area contributed by atoms with E-state index < -0.39 is 28.1 Å². The van der Waals surface area contributed by atoms with Crippen LogP contribution >= 0.6 is 0 Å². The minimum absolute atomic E-state index is 0.0709. The van der Waals surface area contributed by atoms with Crippen molar-refractivity contribution in [2.45, 2.75) is 44.9 Å². The van der Waals surface area contributed by atoms with Crippen LogP contribution in [0.25, 0.3) is 0 Å². The van der Waals surface area contributed by atoms with Gasteiger partial charge in [0.1, 0.15) is 11.5 Å². The van der Waals surface area contributed by atoms with Gasteiger partial charge in [-0.3, -0.25) is 9.10 Å². The first kappa shape index (κ1) is 30.4. The van der Waals surface area contributed by atoms with E-state index in [1.807, 2.05) is 61.5 Å². The van der Waals surface area contributed by atoms with Crippen LogP contribution in [0.3, 0.4) is 0 Å². The number of nitrogens with one attached hydrogen (secondary N) is 2. The SMILES string of the molecule is CCOc1cc(C(=O)N[C@@H](Cc2ccccc2)[C@H](O)CNCc2cccc(OC)c2)cc(N2CCCCS2(=O)=O)c1. The smallest absolute Gasteiger partial charge is 0.251 e. The van der Waals surface area contributed by atoms with Gasteiger partial charge in [-0.05, 0) is 61.6 Å². The van der Waals surface area contributed by atoms with Crippen LogP contribution in [0.15, 0.2) is 72.8 Å². The van der Waals surface area contributed by atoms with E-state index in [2.05, 4.69) is 10.6 Å². The lowest BCUT2D eigenvalue weighted by molar-refractivity contribution is 0.0829. The van der Waals surface area contributed by atoms with Crippen molar-refractivity contribution >= 4 is 21.6 Å². The fourth-order valence-corrected chi connectivity index (χ4v) is 6.50. The van der Waals surface area contributed by atoms with Gasteiger partial charge in [0.15, 0.2) is 0 Å². The summed E-state index contributed by atoms with van der Waals surface area (Å²) in [6.45, 7) is 3.31. The van der Waals surface area contributed by atoms with E-state index in [1.165, 1.54) is 4.31 Å². The highest BCUT2D eigenvalue weighted by atomic mass is 32.2. The Bertz CT molecular complexity index is 1400. The second-order valence-electron chi connectivity index (χ2n) is 10.1. The summed E-state index contributed by atoms with van der Waals surface area (Å²) in [4.78, 5) is 13.6. The molecular weight excluding hydrogens is 542 g/mol. The number of amides is 1. The van der Waals surface area contributed by atoms with E-state index in [9.17, 15) is 18.3 Å². The monoisotopic (exact) mass is 581 g/mol. The van der Waals surface area contributed by atoms with Gasteiger partial charge in [0.2, 0.25) is 10.0 Å². The van der Waals surface area contributed by atoms with E-state index in [0.717, 1.165) is 23.3 Å². The minimum Gasteiger partial charge on any atom is -0.497 e. The van der Waals surface area contributed by atoms with Gasteiger partial charge < -0.3 is 25.2 Å². The normalized spacial score (nSPS) is 16.0. The number of carbonyl (C=O) groups is 1. The van der Waals surface area contributed by atoms with Crippen LogP contribution in [0.2, 0.25) is 0 Å². The Morgan fingerprint density at radius 3 is 2.51 bits per heavy atom. The Labute approximate surface area is 242 Å². The first-order chi connectivity index (χ1) is 19.8. The highest BCUT2D eigenvalue weighted by Gasteiger charge is 2.28. The average molecular weight is 582 g/mol. The molecule has 1 amide bonds. The van der Waals surface area contributed by atoms with Gasteiger partial charge in [-0.1, -0.05) is 42.5 Å². The molecule has 0 aromatic heterocycles. The molecule has 1 aliphatic heterocycles. The highest BCUT2D eigenvalue weighted by Crippen LogP contribution is 2.29. The van der Waals surface area contributed by atoms with E-state index in [4.69, 9.17) is 9.47 Å². The van der Waals surface area contributed by atoms with Crippen LogP contribution in [0.5, 0.6) is 11.5 Å². The predicted octanol–water partition coefficient (Wildman–Crippen LogP) is 3.52. The van der Waals surface area contributed by atoms with Crippen LogP contribution in [0.4, 0.5) is 5.69 Å². The molecule has 3 N–H and O–H groups in total. The number of aliphatic hydroxyl groups excluding tert-OH is 1. The number of rotatable bonds is 13. The Balaban J connectivity index is 1.53. The Hall–Kier alpha value is -3.60. The number of methoxy groups -OCH3 is 1. The lowest BCUT2D eigenvalue weighted by Crippen LogP contribution is -2.48. The Morgan fingerprint density at radius 2 is 1.78 bits per heavy atom. The molecule has 0 aliphatic carbocycles. The fraction of sp³-hybridized carbons (Fsp3) is 0.387. The lowest BCUT2D eigenvalue weighted by Gasteiger charge is -2.29. The van der Waals surface area contributed by atoms with E-state index in [-0.39, 0.29) is 17.9 Å². The highest BCUT2D eigenvalue weighted by molar-refractivity contribution is 7.92. The van der Waals surface area contributed by atoms with Crippen molar-refractivity contribution in [3.05, 3.63) is 89.5 Å². The molecule has 0 radical (unpaired) electrons. The summed E-state index contributed by atoms with van der Waals surface area (Å²) < 4.78 is 37.9. The first-order valence-corrected chi connectivity index (χ1v) is 15.5. The molecule has 4 rings (SSSR count). The molecule has 0 spiro atoms. The zero-order chi connectivity index (χ0) is 29.2. The lowest BCUT2D eigenvalue weighted by atomic mass is 10.00. The molecule has 9 nitrogen and oxygen atoms in total. The number of carbonyl (C=O) groups excluding carboxylic acids is 1. The number of nitrogens with zero attached hydrogens (tertiary/aromatic N) is 1. The molecule has 1 heterocycles. The van der Waals surface area contributed by atoms with E-state index >= 15 is 0 Å². The third-order valence-electron chi connectivity index (χ3n) is 7.00. The molecule has 3 aromatic rings. The number of aliphatic hydroxyl groups is 1. The molecule has 1 fully saturated rings. The molecule has 220 valence electrons.